The van der Waals surface area contributed by atoms with Crippen LogP contribution in [-0.4, -0.2) is 52.3 Å². The number of nitrogens with one attached hydrogen (secondary N) is 1. The molecule has 0 radical (unpaired) electrons. The summed E-state index contributed by atoms with van der Waals surface area (Å²) in [6.07, 6.45) is 3.08. The fourth-order valence-electron chi connectivity index (χ4n) is 3.44. The van der Waals surface area contributed by atoms with E-state index in [0.29, 0.717) is 43.4 Å². The number of rotatable bonds is 4. The first-order valence-electron chi connectivity index (χ1n) is 8.75. The summed E-state index contributed by atoms with van der Waals surface area (Å²) in [7, 11) is 0. The first-order valence-corrected chi connectivity index (χ1v) is 9.20. The number of ether oxygens (including phenoxy) is 2. The van der Waals surface area contributed by atoms with Gasteiger partial charge in [-0.15, -0.1) is 5.10 Å². The lowest BCUT2D eigenvalue weighted by atomic mass is 10.0. The molecule has 0 aliphatic carbocycles. The van der Waals surface area contributed by atoms with Crippen molar-refractivity contribution in [1.29, 1.82) is 0 Å². The van der Waals surface area contributed by atoms with E-state index in [2.05, 4.69) is 28.3 Å². The zero-order valence-corrected chi connectivity index (χ0v) is 15.5. The van der Waals surface area contributed by atoms with E-state index >= 15 is 0 Å². The molecule has 0 unspecified atom stereocenters. The number of carbonyl (C=O) groups is 1. The lowest BCUT2D eigenvalue weighted by Gasteiger charge is -2.38. The molecule has 10 heteroatoms. The van der Waals surface area contributed by atoms with E-state index in [4.69, 9.17) is 9.47 Å². The third-order valence-electron chi connectivity index (χ3n) is 4.84. The van der Waals surface area contributed by atoms with E-state index in [1.54, 1.807) is 18.3 Å². The Morgan fingerprint density at radius 1 is 1.30 bits per heavy atom. The van der Waals surface area contributed by atoms with E-state index in [-0.39, 0.29) is 12.4 Å². The maximum atomic E-state index is 14.7. The Bertz CT molecular complexity index is 830. The largest absolute Gasteiger partial charge is 0.369 e. The van der Waals surface area contributed by atoms with Crippen molar-refractivity contribution in [3.8, 4) is 5.69 Å². The maximum absolute atomic E-state index is 14.7. The quantitative estimate of drug-likeness (QED) is 0.772. The number of halogens is 1. The number of thiol groups is 1. The van der Waals surface area contributed by atoms with Gasteiger partial charge in [0.05, 0.1) is 37.3 Å². The third-order valence-corrected chi connectivity index (χ3v) is 4.99. The van der Waals surface area contributed by atoms with Crippen LogP contribution in [0.5, 0.6) is 0 Å². The van der Waals surface area contributed by atoms with Gasteiger partial charge in [-0.3, -0.25) is 4.79 Å². The van der Waals surface area contributed by atoms with Crippen molar-refractivity contribution in [2.24, 2.45) is 0 Å². The molecule has 0 saturated carbocycles. The molecule has 2 saturated heterocycles. The van der Waals surface area contributed by atoms with Gasteiger partial charge in [-0.1, -0.05) is 17.8 Å². The van der Waals surface area contributed by atoms with Crippen LogP contribution in [0.2, 0.25) is 0 Å². The summed E-state index contributed by atoms with van der Waals surface area (Å²) in [5.41, 5.74) is 1.66. The minimum atomic E-state index is -0.480. The standard InChI is InChI=1S/C17H20FN5O3S/c18-14-9-13(23-11-12(20-21-23)10-19-16(24)27)1-2-15(14)22-5-3-17(4-6-22)25-7-8-26-17/h1-2,9,11H,3-8,10H2,(H2,19,24,27). The minimum absolute atomic E-state index is 0.211. The van der Waals surface area contributed by atoms with E-state index in [9.17, 15) is 9.18 Å². The molecule has 2 fully saturated rings. The molecule has 0 bridgehead atoms. The van der Waals surface area contributed by atoms with Crippen molar-refractivity contribution < 1.29 is 18.7 Å². The Morgan fingerprint density at radius 3 is 2.70 bits per heavy atom. The number of carbonyl (C=O) groups excluding carboxylic acids is 1. The Morgan fingerprint density at radius 2 is 2.04 bits per heavy atom. The van der Waals surface area contributed by atoms with Gasteiger partial charge in [-0.05, 0) is 12.1 Å². The summed E-state index contributed by atoms with van der Waals surface area (Å²) in [5.74, 6) is -0.802. The molecule has 2 aromatic rings. The second kappa shape index (κ2) is 7.45. The molecule has 1 spiro atoms. The second-order valence-corrected chi connectivity index (χ2v) is 6.95. The summed E-state index contributed by atoms with van der Waals surface area (Å²) in [6, 6.07) is 4.97. The van der Waals surface area contributed by atoms with Crippen LogP contribution in [0, 0.1) is 5.82 Å². The normalized spacial score (nSPS) is 18.8. The second-order valence-electron chi connectivity index (χ2n) is 6.54. The Kier molecular flexibility index (Phi) is 5.02. The summed E-state index contributed by atoms with van der Waals surface area (Å²) in [4.78, 5) is 12.8. The molecule has 8 nitrogen and oxygen atoms in total. The lowest BCUT2D eigenvalue weighted by Crippen LogP contribution is -2.45. The van der Waals surface area contributed by atoms with E-state index in [0.717, 1.165) is 12.8 Å². The number of benzene rings is 1. The average Bonchev–Trinajstić information content (AvgIpc) is 3.31. The molecule has 4 rings (SSSR count). The molecular weight excluding hydrogens is 373 g/mol. The number of hydrogen-bond donors (Lipinski definition) is 2. The fourth-order valence-corrected chi connectivity index (χ4v) is 3.52. The number of aromatic nitrogens is 3. The topological polar surface area (TPSA) is 81.5 Å². The van der Waals surface area contributed by atoms with Crippen molar-refractivity contribution >= 4 is 23.6 Å². The van der Waals surface area contributed by atoms with Gasteiger partial charge in [0.25, 0.3) is 5.24 Å². The van der Waals surface area contributed by atoms with Crippen LogP contribution in [0.25, 0.3) is 5.69 Å². The molecule has 1 aromatic heterocycles. The smallest absolute Gasteiger partial charge is 0.276 e. The molecular formula is C17H20FN5O3S. The summed E-state index contributed by atoms with van der Waals surface area (Å²) >= 11 is 3.63. The van der Waals surface area contributed by atoms with Crippen LogP contribution in [0.1, 0.15) is 18.5 Å². The van der Waals surface area contributed by atoms with Crippen molar-refractivity contribution in [2.45, 2.75) is 25.2 Å². The van der Waals surface area contributed by atoms with Crippen LogP contribution in [0.15, 0.2) is 24.4 Å². The van der Waals surface area contributed by atoms with Crippen LogP contribution in [0.4, 0.5) is 14.9 Å². The summed E-state index contributed by atoms with van der Waals surface area (Å²) in [5, 5.41) is 10.00. The van der Waals surface area contributed by atoms with Gasteiger partial charge in [0.2, 0.25) is 0 Å². The van der Waals surface area contributed by atoms with Crippen molar-refractivity contribution in [1.82, 2.24) is 20.3 Å². The maximum Gasteiger partial charge on any atom is 0.276 e. The number of hydrogen-bond acceptors (Lipinski definition) is 6. The molecule has 1 aromatic carbocycles. The van der Waals surface area contributed by atoms with Crippen LogP contribution >= 0.6 is 12.6 Å². The van der Waals surface area contributed by atoms with Gasteiger partial charge >= 0.3 is 0 Å². The highest BCUT2D eigenvalue weighted by Crippen LogP contribution is 2.34. The summed E-state index contributed by atoms with van der Waals surface area (Å²) in [6.45, 7) is 2.81. The zero-order chi connectivity index (χ0) is 18.9. The fraction of sp³-hybridized carbons (Fsp3) is 0.471. The Balaban J connectivity index is 1.44. The zero-order valence-electron chi connectivity index (χ0n) is 14.6. The van der Waals surface area contributed by atoms with Gasteiger partial charge in [-0.2, -0.15) is 0 Å². The molecule has 27 heavy (non-hydrogen) atoms. The molecule has 3 heterocycles. The predicted molar refractivity (Wildman–Crippen MR) is 98.6 cm³/mol. The molecule has 2 aliphatic rings. The summed E-state index contributed by atoms with van der Waals surface area (Å²) < 4.78 is 27.6. The Hall–Kier alpha value is -2.17. The van der Waals surface area contributed by atoms with Gasteiger partial charge in [0, 0.05) is 32.0 Å². The number of piperidine rings is 1. The van der Waals surface area contributed by atoms with E-state index in [1.165, 1.54) is 10.7 Å². The van der Waals surface area contributed by atoms with Gasteiger partial charge in [0.15, 0.2) is 5.79 Å². The van der Waals surface area contributed by atoms with Crippen LogP contribution < -0.4 is 10.2 Å². The van der Waals surface area contributed by atoms with Crippen LogP contribution in [-0.2, 0) is 16.0 Å². The number of anilines is 1. The van der Waals surface area contributed by atoms with Crippen molar-refractivity contribution in [3.05, 3.63) is 35.9 Å². The SMILES string of the molecule is O=C(S)NCc1cn(-c2ccc(N3CCC4(CC3)OCCO4)c(F)c2)nn1. The average molecular weight is 393 g/mol. The lowest BCUT2D eigenvalue weighted by molar-refractivity contribution is -0.169. The molecule has 1 N–H and O–H groups in total. The van der Waals surface area contributed by atoms with Gasteiger partial charge in [0.1, 0.15) is 11.5 Å². The van der Waals surface area contributed by atoms with Crippen molar-refractivity contribution in [3.63, 3.8) is 0 Å². The first-order chi connectivity index (χ1) is 13.0. The van der Waals surface area contributed by atoms with Gasteiger partial charge < -0.3 is 19.7 Å². The highest BCUT2D eigenvalue weighted by atomic mass is 32.1. The highest BCUT2D eigenvalue weighted by molar-refractivity contribution is 7.96. The van der Waals surface area contributed by atoms with E-state index < -0.39 is 11.0 Å². The molecule has 144 valence electrons. The number of amides is 1. The molecule has 2 aliphatic heterocycles. The van der Waals surface area contributed by atoms with Crippen LogP contribution in [0.3, 0.4) is 0 Å². The predicted octanol–water partition coefficient (Wildman–Crippen LogP) is 1.89. The third kappa shape index (κ3) is 3.92. The first kappa shape index (κ1) is 18.2. The Labute approximate surface area is 161 Å². The molecule has 1 amide bonds. The molecule has 0 atom stereocenters. The van der Waals surface area contributed by atoms with E-state index in [1.807, 2.05) is 4.90 Å². The number of nitrogens with zero attached hydrogens (tertiary/aromatic N) is 4. The minimum Gasteiger partial charge on any atom is -0.369 e. The monoisotopic (exact) mass is 393 g/mol. The van der Waals surface area contributed by atoms with Gasteiger partial charge in [-0.25, -0.2) is 9.07 Å². The highest BCUT2D eigenvalue weighted by Gasteiger charge is 2.40. The van der Waals surface area contributed by atoms with Crippen molar-refractivity contribution in [2.75, 3.05) is 31.2 Å².